The molecule has 0 saturated carbocycles. The summed E-state index contributed by atoms with van der Waals surface area (Å²) in [6, 6.07) is 12.7. The van der Waals surface area contributed by atoms with Gasteiger partial charge in [0.1, 0.15) is 6.54 Å². The van der Waals surface area contributed by atoms with Crippen LogP contribution < -0.4 is 10.9 Å². The van der Waals surface area contributed by atoms with Crippen molar-refractivity contribution in [2.75, 3.05) is 11.9 Å². The minimum absolute atomic E-state index is 0.311. The highest BCUT2D eigenvalue weighted by atomic mass is 16.5. The Kier molecular flexibility index (Phi) is 5.84. The average Bonchev–Trinajstić information content (AvgIpc) is 2.70. The Morgan fingerprint density at radius 2 is 1.93 bits per heavy atom. The van der Waals surface area contributed by atoms with Gasteiger partial charge in [-0.25, -0.2) is 4.98 Å². The molecule has 144 valence electrons. The Bertz CT molecular complexity index is 1090. The van der Waals surface area contributed by atoms with Crippen molar-refractivity contribution in [1.82, 2.24) is 9.55 Å². The number of carbonyl (C=O) groups is 2. The molecule has 0 bridgehead atoms. The molecule has 1 aromatic heterocycles. The van der Waals surface area contributed by atoms with Crippen LogP contribution in [0.15, 0.2) is 53.6 Å². The van der Waals surface area contributed by atoms with Gasteiger partial charge in [-0.05, 0) is 36.6 Å². The van der Waals surface area contributed by atoms with Crippen molar-refractivity contribution in [1.29, 1.82) is 0 Å². The first-order valence-corrected chi connectivity index (χ1v) is 8.97. The van der Waals surface area contributed by atoms with Crippen LogP contribution >= 0.6 is 0 Å². The number of hydrogen-bond donors (Lipinski definition) is 1. The smallest absolute Gasteiger partial charge is 0.326 e. The van der Waals surface area contributed by atoms with E-state index in [1.54, 1.807) is 24.3 Å². The first-order chi connectivity index (χ1) is 13.5. The quantitative estimate of drug-likeness (QED) is 0.665. The number of fused-ring (bicyclic) bond motifs is 1. The second-order valence-electron chi connectivity index (χ2n) is 6.37. The predicted molar refractivity (Wildman–Crippen MR) is 106 cm³/mol. The van der Waals surface area contributed by atoms with Crippen molar-refractivity contribution in [2.24, 2.45) is 0 Å². The fourth-order valence-corrected chi connectivity index (χ4v) is 2.93. The third kappa shape index (κ3) is 4.25. The lowest BCUT2D eigenvalue weighted by Crippen LogP contribution is -2.28. The number of amides is 1. The fourth-order valence-electron chi connectivity index (χ4n) is 2.93. The maximum atomic E-state index is 12.4. The SMILES string of the molecule is CCc1cccc(C)c1NC(=O)COC(=O)Cn1cnc2ccccc2c1=O. The molecule has 0 unspecified atom stereocenters. The molecule has 0 aliphatic rings. The average molecular weight is 379 g/mol. The van der Waals surface area contributed by atoms with E-state index in [0.717, 1.165) is 23.2 Å². The molecular weight excluding hydrogens is 358 g/mol. The number of ether oxygens (including phenoxy) is 1. The number of hydrogen-bond acceptors (Lipinski definition) is 5. The topological polar surface area (TPSA) is 90.3 Å². The summed E-state index contributed by atoms with van der Waals surface area (Å²) in [5.74, 6) is -1.11. The number of para-hydroxylation sites is 2. The van der Waals surface area contributed by atoms with E-state index in [1.165, 1.54) is 10.9 Å². The highest BCUT2D eigenvalue weighted by Crippen LogP contribution is 2.20. The van der Waals surface area contributed by atoms with Gasteiger partial charge in [0.2, 0.25) is 0 Å². The van der Waals surface area contributed by atoms with E-state index in [0.29, 0.717) is 10.9 Å². The molecule has 0 aliphatic carbocycles. The zero-order valence-electron chi connectivity index (χ0n) is 15.8. The van der Waals surface area contributed by atoms with Crippen molar-refractivity contribution < 1.29 is 14.3 Å². The number of rotatable bonds is 6. The summed E-state index contributed by atoms with van der Waals surface area (Å²) in [6.45, 7) is 3.17. The largest absolute Gasteiger partial charge is 0.454 e. The lowest BCUT2D eigenvalue weighted by molar-refractivity contribution is -0.147. The predicted octanol–water partition coefficient (Wildman–Crippen LogP) is 2.45. The number of benzene rings is 2. The fraction of sp³-hybridized carbons (Fsp3) is 0.238. The van der Waals surface area contributed by atoms with Crippen LogP contribution in [0.4, 0.5) is 5.69 Å². The van der Waals surface area contributed by atoms with Crippen LogP contribution in [-0.2, 0) is 27.3 Å². The Labute approximate surface area is 162 Å². The van der Waals surface area contributed by atoms with Crippen LogP contribution in [-0.4, -0.2) is 28.0 Å². The van der Waals surface area contributed by atoms with Gasteiger partial charge in [0.25, 0.3) is 11.5 Å². The van der Waals surface area contributed by atoms with Crippen molar-refractivity contribution in [3.05, 3.63) is 70.3 Å². The molecule has 1 heterocycles. The number of aromatic nitrogens is 2. The number of anilines is 1. The molecule has 2 aromatic carbocycles. The van der Waals surface area contributed by atoms with Crippen molar-refractivity contribution in [3.8, 4) is 0 Å². The Morgan fingerprint density at radius 3 is 2.71 bits per heavy atom. The van der Waals surface area contributed by atoms with E-state index in [1.807, 2.05) is 32.0 Å². The zero-order chi connectivity index (χ0) is 20.1. The van der Waals surface area contributed by atoms with Crippen LogP contribution in [0.5, 0.6) is 0 Å². The first-order valence-electron chi connectivity index (χ1n) is 8.97. The molecule has 1 amide bonds. The molecule has 0 aliphatic heterocycles. The molecular formula is C21H21N3O4. The van der Waals surface area contributed by atoms with Gasteiger partial charge >= 0.3 is 5.97 Å². The van der Waals surface area contributed by atoms with Gasteiger partial charge in [-0.2, -0.15) is 0 Å². The van der Waals surface area contributed by atoms with Gasteiger partial charge in [0.05, 0.1) is 17.2 Å². The molecule has 0 saturated heterocycles. The van der Waals surface area contributed by atoms with E-state index in [9.17, 15) is 14.4 Å². The second kappa shape index (κ2) is 8.47. The number of nitrogens with zero attached hydrogens (tertiary/aromatic N) is 2. The Balaban J connectivity index is 1.61. The molecule has 1 N–H and O–H groups in total. The normalized spacial score (nSPS) is 10.6. The molecule has 0 spiro atoms. The van der Waals surface area contributed by atoms with Gasteiger partial charge in [-0.3, -0.25) is 19.0 Å². The van der Waals surface area contributed by atoms with Crippen LogP contribution in [0, 0.1) is 6.92 Å². The standard InChI is InChI=1S/C21H21N3O4/c1-3-15-8-6-7-14(2)20(15)23-18(25)12-28-19(26)11-24-13-22-17-10-5-4-9-16(17)21(24)27/h4-10,13H,3,11-12H2,1-2H3,(H,23,25). The number of aryl methyl sites for hydroxylation is 2. The molecule has 0 atom stereocenters. The lowest BCUT2D eigenvalue weighted by atomic mass is 10.1. The van der Waals surface area contributed by atoms with E-state index in [2.05, 4.69) is 10.3 Å². The van der Waals surface area contributed by atoms with Crippen LogP contribution in [0.3, 0.4) is 0 Å². The number of esters is 1. The lowest BCUT2D eigenvalue weighted by Gasteiger charge is -2.13. The Hall–Kier alpha value is -3.48. The van der Waals surface area contributed by atoms with Crippen molar-refractivity contribution in [3.63, 3.8) is 0 Å². The summed E-state index contributed by atoms with van der Waals surface area (Å²) < 4.78 is 6.19. The van der Waals surface area contributed by atoms with Crippen LogP contribution in [0.2, 0.25) is 0 Å². The zero-order valence-corrected chi connectivity index (χ0v) is 15.8. The number of carbonyl (C=O) groups excluding carboxylic acids is 2. The first kappa shape index (κ1) is 19.3. The molecule has 28 heavy (non-hydrogen) atoms. The van der Waals surface area contributed by atoms with Gasteiger partial charge in [0, 0.05) is 5.69 Å². The van der Waals surface area contributed by atoms with Crippen molar-refractivity contribution >= 4 is 28.5 Å². The third-order valence-corrected chi connectivity index (χ3v) is 4.40. The second-order valence-corrected chi connectivity index (χ2v) is 6.37. The molecule has 3 rings (SSSR count). The van der Waals surface area contributed by atoms with Gasteiger partial charge in [-0.1, -0.05) is 37.3 Å². The summed E-state index contributed by atoms with van der Waals surface area (Å²) >= 11 is 0. The molecule has 7 nitrogen and oxygen atoms in total. The van der Waals surface area contributed by atoms with Crippen LogP contribution in [0.1, 0.15) is 18.1 Å². The summed E-state index contributed by atoms with van der Waals surface area (Å²) in [5.41, 5.74) is 2.91. The summed E-state index contributed by atoms with van der Waals surface area (Å²) in [7, 11) is 0. The van der Waals surface area contributed by atoms with Gasteiger partial charge in [-0.15, -0.1) is 0 Å². The maximum absolute atomic E-state index is 12.4. The van der Waals surface area contributed by atoms with E-state index < -0.39 is 18.5 Å². The number of nitrogens with one attached hydrogen (secondary N) is 1. The van der Waals surface area contributed by atoms with Crippen LogP contribution in [0.25, 0.3) is 10.9 Å². The van der Waals surface area contributed by atoms with E-state index in [-0.39, 0.29) is 12.1 Å². The molecule has 7 heteroatoms. The minimum Gasteiger partial charge on any atom is -0.454 e. The van der Waals surface area contributed by atoms with E-state index >= 15 is 0 Å². The Morgan fingerprint density at radius 1 is 1.14 bits per heavy atom. The highest BCUT2D eigenvalue weighted by Gasteiger charge is 2.13. The maximum Gasteiger partial charge on any atom is 0.326 e. The molecule has 0 fully saturated rings. The molecule has 0 radical (unpaired) electrons. The highest BCUT2D eigenvalue weighted by molar-refractivity contribution is 5.94. The summed E-state index contributed by atoms with van der Waals surface area (Å²) in [6.07, 6.45) is 2.07. The van der Waals surface area contributed by atoms with Crippen molar-refractivity contribution in [2.45, 2.75) is 26.8 Å². The third-order valence-electron chi connectivity index (χ3n) is 4.40. The minimum atomic E-state index is -0.685. The summed E-state index contributed by atoms with van der Waals surface area (Å²) in [5, 5.41) is 3.21. The summed E-state index contributed by atoms with van der Waals surface area (Å²) in [4.78, 5) is 40.8. The van der Waals surface area contributed by atoms with E-state index in [4.69, 9.17) is 4.74 Å². The monoisotopic (exact) mass is 379 g/mol. The van der Waals surface area contributed by atoms with Gasteiger partial charge < -0.3 is 10.1 Å². The van der Waals surface area contributed by atoms with Gasteiger partial charge in [0.15, 0.2) is 6.61 Å². The molecule has 3 aromatic rings.